The maximum atomic E-state index is 5.43. The van der Waals surface area contributed by atoms with E-state index in [-0.39, 0.29) is 0 Å². The molecule has 0 spiro atoms. The monoisotopic (exact) mass is 373 g/mol. The van der Waals surface area contributed by atoms with Gasteiger partial charge >= 0.3 is 0 Å². The van der Waals surface area contributed by atoms with Crippen LogP contribution in [0.1, 0.15) is 43.2 Å². The van der Waals surface area contributed by atoms with Crippen LogP contribution in [0, 0.1) is 0 Å². The number of morpholine rings is 1. The first-order chi connectivity index (χ1) is 13.2. The van der Waals surface area contributed by atoms with E-state index < -0.39 is 0 Å². The summed E-state index contributed by atoms with van der Waals surface area (Å²) in [5, 5.41) is 9.04. The molecule has 0 unspecified atom stereocenters. The fraction of sp³-hybridized carbons (Fsp3) is 0.737. The smallest absolute Gasteiger partial charge is 0.146 e. The van der Waals surface area contributed by atoms with Crippen molar-refractivity contribution in [1.29, 1.82) is 0 Å². The van der Waals surface area contributed by atoms with Crippen LogP contribution < -0.4 is 0 Å². The second kappa shape index (κ2) is 8.50. The van der Waals surface area contributed by atoms with Crippen LogP contribution in [-0.2, 0) is 31.4 Å². The molecule has 0 radical (unpaired) electrons. The van der Waals surface area contributed by atoms with Crippen LogP contribution in [-0.4, -0.2) is 73.5 Å². The van der Waals surface area contributed by atoms with Gasteiger partial charge in [-0.05, 0) is 32.9 Å². The topological polar surface area (TPSA) is 64.2 Å². The molecule has 2 aromatic heterocycles. The third-order valence-corrected chi connectivity index (χ3v) is 5.93. The Hall–Kier alpha value is -1.77. The molecule has 4 rings (SSSR count). The molecule has 8 nitrogen and oxygen atoms in total. The van der Waals surface area contributed by atoms with Crippen molar-refractivity contribution in [1.82, 2.24) is 34.1 Å². The minimum atomic E-state index is 0.503. The molecule has 4 heterocycles. The van der Waals surface area contributed by atoms with Crippen LogP contribution in [0.5, 0.6) is 0 Å². The molecule has 2 fully saturated rings. The Balaban J connectivity index is 1.33. The van der Waals surface area contributed by atoms with Gasteiger partial charge in [-0.3, -0.25) is 9.80 Å². The van der Waals surface area contributed by atoms with Gasteiger partial charge in [0.2, 0.25) is 0 Å². The van der Waals surface area contributed by atoms with Crippen molar-refractivity contribution in [3.05, 3.63) is 29.9 Å². The Morgan fingerprint density at radius 3 is 2.44 bits per heavy atom. The average molecular weight is 374 g/mol. The maximum Gasteiger partial charge on any atom is 0.146 e. The van der Waals surface area contributed by atoms with Crippen molar-refractivity contribution in [2.24, 2.45) is 7.05 Å². The number of nitrogens with zero attached hydrogens (tertiary/aromatic N) is 7. The zero-order valence-electron chi connectivity index (χ0n) is 16.5. The van der Waals surface area contributed by atoms with E-state index in [9.17, 15) is 0 Å². The molecule has 8 heteroatoms. The fourth-order valence-electron chi connectivity index (χ4n) is 4.16. The lowest BCUT2D eigenvalue weighted by molar-refractivity contribution is 0.0326. The van der Waals surface area contributed by atoms with Gasteiger partial charge < -0.3 is 13.9 Å². The maximum absolute atomic E-state index is 5.43. The predicted octanol–water partition coefficient (Wildman–Crippen LogP) is 1.24. The van der Waals surface area contributed by atoms with Crippen molar-refractivity contribution in [3.63, 3.8) is 0 Å². The normalized spacial score (nSPS) is 20.4. The molecule has 0 N–H and O–H groups in total. The predicted molar refractivity (Wildman–Crippen MR) is 102 cm³/mol. The molecule has 2 saturated heterocycles. The zero-order chi connectivity index (χ0) is 18.6. The van der Waals surface area contributed by atoms with Gasteiger partial charge in [0, 0.05) is 45.0 Å². The van der Waals surface area contributed by atoms with Gasteiger partial charge in [-0.1, -0.05) is 0 Å². The van der Waals surface area contributed by atoms with Gasteiger partial charge in [-0.2, -0.15) is 0 Å². The first-order valence-corrected chi connectivity index (χ1v) is 10.1. The summed E-state index contributed by atoms with van der Waals surface area (Å²) >= 11 is 0. The van der Waals surface area contributed by atoms with E-state index in [0.29, 0.717) is 5.92 Å². The lowest BCUT2D eigenvalue weighted by Crippen LogP contribution is -2.36. The van der Waals surface area contributed by atoms with Crippen molar-refractivity contribution in [3.8, 4) is 0 Å². The molecular formula is C19H31N7O. The summed E-state index contributed by atoms with van der Waals surface area (Å²) in [6.07, 6.45) is 6.24. The highest BCUT2D eigenvalue weighted by Gasteiger charge is 2.26. The van der Waals surface area contributed by atoms with Gasteiger partial charge in [0.05, 0.1) is 26.3 Å². The summed E-state index contributed by atoms with van der Waals surface area (Å²) in [5.74, 6) is 3.89. The van der Waals surface area contributed by atoms with Gasteiger partial charge in [-0.15, -0.1) is 10.2 Å². The Bertz CT molecular complexity index is 726. The fourth-order valence-corrected chi connectivity index (χ4v) is 4.16. The third-order valence-electron chi connectivity index (χ3n) is 5.93. The molecule has 0 aromatic carbocycles. The second-order valence-electron chi connectivity index (χ2n) is 7.60. The van der Waals surface area contributed by atoms with Gasteiger partial charge in [0.15, 0.2) is 0 Å². The van der Waals surface area contributed by atoms with Gasteiger partial charge in [-0.25, -0.2) is 4.98 Å². The Morgan fingerprint density at radius 1 is 1.00 bits per heavy atom. The highest BCUT2D eigenvalue weighted by molar-refractivity contribution is 5.04. The van der Waals surface area contributed by atoms with E-state index in [0.717, 1.165) is 83.5 Å². The molecule has 0 amide bonds. The minimum Gasteiger partial charge on any atom is -0.379 e. The molecule has 2 aromatic rings. The van der Waals surface area contributed by atoms with Crippen LogP contribution in [0.15, 0.2) is 12.4 Å². The molecule has 0 aliphatic carbocycles. The Kier molecular flexibility index (Phi) is 5.85. The largest absolute Gasteiger partial charge is 0.379 e. The molecule has 27 heavy (non-hydrogen) atoms. The Labute approximate surface area is 161 Å². The summed E-state index contributed by atoms with van der Waals surface area (Å²) in [5.41, 5.74) is 0. The minimum absolute atomic E-state index is 0.503. The Morgan fingerprint density at radius 2 is 1.70 bits per heavy atom. The number of rotatable bonds is 6. The molecule has 0 saturated carbocycles. The van der Waals surface area contributed by atoms with E-state index in [1.165, 1.54) is 5.82 Å². The molecule has 2 aliphatic heterocycles. The number of hydrogen-bond donors (Lipinski definition) is 0. The van der Waals surface area contributed by atoms with Gasteiger partial charge in [0.1, 0.15) is 17.5 Å². The zero-order valence-corrected chi connectivity index (χ0v) is 16.5. The first kappa shape index (κ1) is 18.6. The third kappa shape index (κ3) is 4.23. The molecule has 0 atom stereocenters. The number of imidazole rings is 1. The average Bonchev–Trinajstić information content (AvgIpc) is 3.30. The van der Waals surface area contributed by atoms with Crippen LogP contribution in [0.2, 0.25) is 0 Å². The van der Waals surface area contributed by atoms with Crippen LogP contribution in [0.4, 0.5) is 0 Å². The van der Waals surface area contributed by atoms with Crippen molar-refractivity contribution in [2.75, 3.05) is 39.4 Å². The van der Waals surface area contributed by atoms with E-state index in [1.54, 1.807) is 0 Å². The highest BCUT2D eigenvalue weighted by Crippen LogP contribution is 2.27. The molecule has 0 bridgehead atoms. The van der Waals surface area contributed by atoms with E-state index in [4.69, 9.17) is 4.74 Å². The van der Waals surface area contributed by atoms with E-state index in [1.807, 2.05) is 6.20 Å². The van der Waals surface area contributed by atoms with E-state index in [2.05, 4.69) is 54.3 Å². The number of ether oxygens (including phenoxy) is 1. The van der Waals surface area contributed by atoms with Gasteiger partial charge in [0.25, 0.3) is 0 Å². The van der Waals surface area contributed by atoms with Crippen LogP contribution in [0.3, 0.4) is 0 Å². The van der Waals surface area contributed by atoms with Crippen LogP contribution in [0.25, 0.3) is 0 Å². The number of aryl methyl sites for hydroxylation is 1. The summed E-state index contributed by atoms with van der Waals surface area (Å²) in [7, 11) is 2.12. The van der Waals surface area contributed by atoms with Crippen molar-refractivity contribution in [2.45, 2.75) is 45.3 Å². The quantitative estimate of drug-likeness (QED) is 0.759. The number of likely N-dealkylation sites (tertiary alicyclic amines) is 1. The number of piperidine rings is 1. The number of hydrogen-bond acceptors (Lipinski definition) is 6. The standard InChI is InChI=1S/C19H31N7O/c1-3-26-9-6-20-17(26)14-24-7-4-16(5-8-24)19-22-21-18(23(19)2)15-25-10-12-27-13-11-25/h6,9,16H,3-5,7-8,10-15H2,1-2H3. The van der Waals surface area contributed by atoms with E-state index >= 15 is 0 Å². The lowest BCUT2D eigenvalue weighted by atomic mass is 9.96. The second-order valence-corrected chi connectivity index (χ2v) is 7.60. The van der Waals surface area contributed by atoms with Crippen molar-refractivity contribution < 1.29 is 4.74 Å². The SMILES string of the molecule is CCn1ccnc1CN1CCC(c2nnc(CN3CCOCC3)n2C)CC1. The summed E-state index contributed by atoms with van der Waals surface area (Å²) in [6.45, 7) is 10.7. The highest BCUT2D eigenvalue weighted by atomic mass is 16.5. The molecule has 148 valence electrons. The molecule has 2 aliphatic rings. The number of aromatic nitrogens is 5. The van der Waals surface area contributed by atoms with Crippen molar-refractivity contribution >= 4 is 0 Å². The van der Waals surface area contributed by atoms with Crippen LogP contribution >= 0.6 is 0 Å². The summed E-state index contributed by atoms with van der Waals surface area (Å²) in [4.78, 5) is 9.42. The first-order valence-electron chi connectivity index (χ1n) is 10.1. The summed E-state index contributed by atoms with van der Waals surface area (Å²) in [6, 6.07) is 0. The summed E-state index contributed by atoms with van der Waals surface area (Å²) < 4.78 is 9.89. The lowest BCUT2D eigenvalue weighted by Gasteiger charge is -2.31. The molecular weight excluding hydrogens is 342 g/mol.